The van der Waals surface area contributed by atoms with E-state index in [1.165, 1.54) is 5.56 Å². The number of likely N-dealkylation sites (N-methyl/N-ethyl adjacent to an activating group) is 1. The summed E-state index contributed by atoms with van der Waals surface area (Å²) in [4.78, 5) is 30.7. The molecule has 28 heavy (non-hydrogen) atoms. The molecule has 5 heteroatoms. The standard InChI is InChI=1S/C23H35N3O2/c1-24(22(27)13-7-17-26-18-8-14-23(26)28)21-12-6-16-25(19-21)15-5-11-20-9-3-2-4-10-20/h2-4,9-10,21H,5-8,11-19H2,1H3. The van der Waals surface area contributed by atoms with Crippen molar-refractivity contribution in [2.24, 2.45) is 0 Å². The summed E-state index contributed by atoms with van der Waals surface area (Å²) < 4.78 is 0. The summed E-state index contributed by atoms with van der Waals surface area (Å²) in [6.07, 6.45) is 7.51. The molecule has 1 atom stereocenters. The molecule has 0 radical (unpaired) electrons. The lowest BCUT2D eigenvalue weighted by molar-refractivity contribution is -0.134. The molecule has 1 unspecified atom stereocenters. The maximum absolute atomic E-state index is 12.6. The first-order valence-electron chi connectivity index (χ1n) is 10.9. The number of aryl methyl sites for hydroxylation is 1. The smallest absolute Gasteiger partial charge is 0.222 e. The Morgan fingerprint density at radius 3 is 2.68 bits per heavy atom. The molecule has 5 nitrogen and oxygen atoms in total. The minimum atomic E-state index is 0.225. The summed E-state index contributed by atoms with van der Waals surface area (Å²) in [5.41, 5.74) is 1.40. The van der Waals surface area contributed by atoms with Crippen LogP contribution in [0.5, 0.6) is 0 Å². The van der Waals surface area contributed by atoms with E-state index in [1.54, 1.807) is 0 Å². The van der Waals surface area contributed by atoms with Gasteiger partial charge in [-0.15, -0.1) is 0 Å². The Morgan fingerprint density at radius 2 is 1.93 bits per heavy atom. The zero-order chi connectivity index (χ0) is 19.8. The molecule has 0 aromatic heterocycles. The van der Waals surface area contributed by atoms with Crippen LogP contribution in [0.3, 0.4) is 0 Å². The van der Waals surface area contributed by atoms with Gasteiger partial charge in [-0.2, -0.15) is 0 Å². The molecule has 0 spiro atoms. The van der Waals surface area contributed by atoms with Gasteiger partial charge in [-0.3, -0.25) is 9.59 Å². The topological polar surface area (TPSA) is 43.9 Å². The van der Waals surface area contributed by atoms with Crippen molar-refractivity contribution in [3.05, 3.63) is 35.9 Å². The van der Waals surface area contributed by atoms with E-state index < -0.39 is 0 Å². The molecule has 2 amide bonds. The van der Waals surface area contributed by atoms with Crippen molar-refractivity contribution in [2.45, 2.75) is 57.4 Å². The molecule has 154 valence electrons. The van der Waals surface area contributed by atoms with Gasteiger partial charge in [0.25, 0.3) is 0 Å². The molecule has 0 N–H and O–H groups in total. The molecule has 2 heterocycles. The van der Waals surface area contributed by atoms with Crippen LogP contribution in [-0.4, -0.2) is 72.3 Å². The highest BCUT2D eigenvalue weighted by Gasteiger charge is 2.26. The summed E-state index contributed by atoms with van der Waals surface area (Å²) in [7, 11) is 1.96. The number of hydrogen-bond donors (Lipinski definition) is 0. The molecular formula is C23H35N3O2. The van der Waals surface area contributed by atoms with Crippen LogP contribution in [0.25, 0.3) is 0 Å². The zero-order valence-electron chi connectivity index (χ0n) is 17.3. The van der Waals surface area contributed by atoms with Crippen molar-refractivity contribution in [3.8, 4) is 0 Å². The van der Waals surface area contributed by atoms with Crippen LogP contribution in [0.2, 0.25) is 0 Å². The SMILES string of the molecule is CN(C(=O)CCCN1CCCC1=O)C1CCCN(CCCc2ccccc2)C1. The number of hydrogen-bond acceptors (Lipinski definition) is 3. The van der Waals surface area contributed by atoms with Gasteiger partial charge < -0.3 is 14.7 Å². The molecule has 2 fully saturated rings. The first-order chi connectivity index (χ1) is 13.6. The first kappa shape index (κ1) is 20.8. The monoisotopic (exact) mass is 385 g/mol. The lowest BCUT2D eigenvalue weighted by Crippen LogP contribution is -2.48. The molecule has 0 bridgehead atoms. The highest BCUT2D eigenvalue weighted by Crippen LogP contribution is 2.17. The molecule has 2 aliphatic heterocycles. The Bertz CT molecular complexity index is 634. The number of likely N-dealkylation sites (tertiary alicyclic amines) is 2. The molecule has 1 aromatic carbocycles. The number of carbonyl (C=O) groups is 2. The van der Waals surface area contributed by atoms with Gasteiger partial charge in [-0.1, -0.05) is 30.3 Å². The largest absolute Gasteiger partial charge is 0.343 e. The quantitative estimate of drug-likeness (QED) is 0.656. The van der Waals surface area contributed by atoms with E-state index in [4.69, 9.17) is 0 Å². The van der Waals surface area contributed by atoms with Crippen LogP contribution >= 0.6 is 0 Å². The fourth-order valence-electron chi connectivity index (χ4n) is 4.44. The second-order valence-corrected chi connectivity index (χ2v) is 8.28. The van der Waals surface area contributed by atoms with E-state index >= 15 is 0 Å². The number of piperidine rings is 1. The lowest BCUT2D eigenvalue weighted by atomic mass is 10.0. The summed E-state index contributed by atoms with van der Waals surface area (Å²) in [6.45, 7) is 4.83. The Morgan fingerprint density at radius 1 is 1.11 bits per heavy atom. The van der Waals surface area contributed by atoms with Crippen LogP contribution in [0.4, 0.5) is 0 Å². The van der Waals surface area contributed by atoms with Gasteiger partial charge >= 0.3 is 0 Å². The van der Waals surface area contributed by atoms with Gasteiger partial charge in [0.15, 0.2) is 0 Å². The van der Waals surface area contributed by atoms with E-state index in [-0.39, 0.29) is 11.8 Å². The molecule has 3 rings (SSSR count). The van der Waals surface area contributed by atoms with Crippen LogP contribution in [0, 0.1) is 0 Å². The van der Waals surface area contributed by atoms with Crippen LogP contribution in [0.1, 0.15) is 50.5 Å². The van der Waals surface area contributed by atoms with Gasteiger partial charge in [-0.25, -0.2) is 0 Å². The van der Waals surface area contributed by atoms with E-state index in [1.807, 2.05) is 16.8 Å². The molecule has 2 aliphatic rings. The maximum Gasteiger partial charge on any atom is 0.222 e. The van der Waals surface area contributed by atoms with Crippen molar-refractivity contribution in [1.82, 2.24) is 14.7 Å². The fourth-order valence-corrected chi connectivity index (χ4v) is 4.44. The minimum Gasteiger partial charge on any atom is -0.343 e. The molecule has 0 aliphatic carbocycles. The predicted molar refractivity (Wildman–Crippen MR) is 112 cm³/mol. The van der Waals surface area contributed by atoms with Crippen LogP contribution in [-0.2, 0) is 16.0 Å². The third kappa shape index (κ3) is 6.06. The predicted octanol–water partition coefficient (Wildman–Crippen LogP) is 2.94. The second-order valence-electron chi connectivity index (χ2n) is 8.28. The van der Waals surface area contributed by atoms with Crippen molar-refractivity contribution in [1.29, 1.82) is 0 Å². The number of rotatable bonds is 9. The Balaban J connectivity index is 1.36. The number of benzene rings is 1. The average molecular weight is 386 g/mol. The first-order valence-corrected chi connectivity index (χ1v) is 10.9. The summed E-state index contributed by atoms with van der Waals surface area (Å²) in [5, 5.41) is 0. The maximum atomic E-state index is 12.6. The minimum absolute atomic E-state index is 0.225. The van der Waals surface area contributed by atoms with Gasteiger partial charge in [0.05, 0.1) is 0 Å². The summed E-state index contributed by atoms with van der Waals surface area (Å²) >= 11 is 0. The van der Waals surface area contributed by atoms with Gasteiger partial charge in [0.2, 0.25) is 11.8 Å². The van der Waals surface area contributed by atoms with E-state index in [0.29, 0.717) is 18.9 Å². The van der Waals surface area contributed by atoms with Crippen molar-refractivity contribution < 1.29 is 9.59 Å². The van der Waals surface area contributed by atoms with Gasteiger partial charge in [0, 0.05) is 45.6 Å². The molecule has 2 saturated heterocycles. The van der Waals surface area contributed by atoms with E-state index in [9.17, 15) is 9.59 Å². The van der Waals surface area contributed by atoms with Crippen molar-refractivity contribution in [2.75, 3.05) is 39.8 Å². The van der Waals surface area contributed by atoms with Crippen LogP contribution < -0.4 is 0 Å². The average Bonchev–Trinajstić information content (AvgIpc) is 3.13. The van der Waals surface area contributed by atoms with Crippen LogP contribution in [0.15, 0.2) is 30.3 Å². The second kappa shape index (κ2) is 10.6. The third-order valence-corrected chi connectivity index (χ3v) is 6.19. The normalized spacial score (nSPS) is 20.5. The highest BCUT2D eigenvalue weighted by molar-refractivity contribution is 5.78. The number of carbonyl (C=O) groups excluding carboxylic acids is 2. The highest BCUT2D eigenvalue weighted by atomic mass is 16.2. The summed E-state index contributed by atoms with van der Waals surface area (Å²) in [6, 6.07) is 11.0. The molecular weight excluding hydrogens is 350 g/mol. The number of amides is 2. The van der Waals surface area contributed by atoms with Crippen molar-refractivity contribution in [3.63, 3.8) is 0 Å². The van der Waals surface area contributed by atoms with E-state index in [2.05, 4.69) is 35.2 Å². The number of nitrogens with zero attached hydrogens (tertiary/aromatic N) is 3. The Labute approximate surface area is 169 Å². The van der Waals surface area contributed by atoms with E-state index in [0.717, 1.165) is 71.2 Å². The van der Waals surface area contributed by atoms with Gasteiger partial charge in [-0.05, 0) is 57.2 Å². The van der Waals surface area contributed by atoms with Gasteiger partial charge in [0.1, 0.15) is 0 Å². The Kier molecular flexibility index (Phi) is 7.90. The zero-order valence-corrected chi connectivity index (χ0v) is 17.3. The Hall–Kier alpha value is -1.88. The third-order valence-electron chi connectivity index (χ3n) is 6.19. The molecule has 1 aromatic rings. The summed E-state index contributed by atoms with van der Waals surface area (Å²) in [5.74, 6) is 0.474. The molecule has 0 saturated carbocycles. The lowest BCUT2D eigenvalue weighted by Gasteiger charge is -2.37. The fraction of sp³-hybridized carbons (Fsp3) is 0.652. The van der Waals surface area contributed by atoms with Crippen molar-refractivity contribution >= 4 is 11.8 Å².